The smallest absolute Gasteiger partial charge is 0.374 e. The van der Waals surface area contributed by atoms with Gasteiger partial charge in [0, 0.05) is 99.8 Å². The second-order valence-electron chi connectivity index (χ2n) is 19.5. The third-order valence-corrected chi connectivity index (χ3v) is 42.4. The molecule has 0 amide bonds. The van der Waals surface area contributed by atoms with E-state index < -0.39 is 26.4 Å². The van der Waals surface area contributed by atoms with Gasteiger partial charge in [-0.15, -0.1) is 0 Å². The Hall–Kier alpha value is 3.71. The van der Waals surface area contributed by atoms with Gasteiger partial charge in [-0.1, -0.05) is 149 Å². The summed E-state index contributed by atoms with van der Waals surface area (Å²) < 4.78 is 56.6. The van der Waals surface area contributed by atoms with Crippen molar-refractivity contribution < 1.29 is 39.8 Å². The van der Waals surface area contributed by atoms with Gasteiger partial charge in [0.2, 0.25) is 0 Å². The molecule has 0 heterocycles. The van der Waals surface area contributed by atoms with Crippen molar-refractivity contribution >= 4 is 150 Å². The van der Waals surface area contributed by atoms with Crippen LogP contribution in [0.15, 0.2) is 32.4 Å². The van der Waals surface area contributed by atoms with Gasteiger partial charge in [0.15, 0.2) is 0 Å². The first-order valence-corrected chi connectivity index (χ1v) is 50.1. The van der Waals surface area contributed by atoms with Crippen LogP contribution in [-0.4, -0.2) is 103 Å². The molecule has 0 aliphatic rings. The molecule has 3 unspecified atom stereocenters. The third-order valence-electron chi connectivity index (χ3n) is 12.3. The Bertz CT molecular complexity index is 1410. The highest BCUT2D eigenvalue weighted by molar-refractivity contribution is 9.30. The standard InChI is InChI=1S/C54H110O9S12Si3/c1-17-55-76(56-18-2,57-19-3)44-41-64-70-73-67-53(40-39-51(15)38-30-36-49(13)33-27-26-32-48(12)35-29-37-50(14)34-28-31-47(10)11)52(16)54(68-74-71-65-42-45-77(58-20-4,59-21-5)60-22-6)69-75-72-66-43-46-78(61-23-7,62-24-8)63-25-9/h39-40,47-50H,17-38,41-46H2,1-16H3. The predicted octanol–water partition coefficient (Wildman–Crippen LogP) is 22.9. The predicted molar refractivity (Wildman–Crippen MR) is 379 cm³/mol. The van der Waals surface area contributed by atoms with Crippen molar-refractivity contribution in [1.29, 1.82) is 0 Å². The van der Waals surface area contributed by atoms with E-state index in [0.29, 0.717) is 59.5 Å². The quantitative estimate of drug-likeness (QED) is 0.0250. The first kappa shape index (κ1) is 81.7. The normalized spacial score (nSPS) is 14.2. The van der Waals surface area contributed by atoms with Gasteiger partial charge in [0.05, 0.1) is 4.24 Å². The summed E-state index contributed by atoms with van der Waals surface area (Å²) in [6.07, 6.45) is 22.3. The van der Waals surface area contributed by atoms with Gasteiger partial charge in [-0.3, -0.25) is 0 Å². The molecule has 9 nitrogen and oxygen atoms in total. The maximum Gasteiger partial charge on any atom is 0.501 e. The van der Waals surface area contributed by atoms with E-state index >= 15 is 0 Å². The molecule has 0 aliphatic heterocycles. The summed E-state index contributed by atoms with van der Waals surface area (Å²) in [7, 11) is 14.0. The van der Waals surface area contributed by atoms with Crippen molar-refractivity contribution in [3.63, 3.8) is 0 Å². The highest BCUT2D eigenvalue weighted by Crippen LogP contribution is 2.58. The maximum absolute atomic E-state index is 6.16. The maximum atomic E-state index is 6.16. The van der Waals surface area contributed by atoms with E-state index in [1.165, 1.54) is 97.3 Å². The Balaban J connectivity index is 6.18. The van der Waals surface area contributed by atoms with Crippen molar-refractivity contribution in [3.05, 3.63) is 32.4 Å². The van der Waals surface area contributed by atoms with Crippen molar-refractivity contribution in [3.8, 4) is 0 Å². The van der Waals surface area contributed by atoms with Gasteiger partial charge in [0.25, 0.3) is 0 Å². The second kappa shape index (κ2) is 54.8. The molecular formula is C54H110O9S12Si3. The van der Waals surface area contributed by atoms with Crippen molar-refractivity contribution in [2.24, 2.45) is 23.7 Å². The summed E-state index contributed by atoms with van der Waals surface area (Å²) in [4.78, 5) is 1.28. The Morgan fingerprint density at radius 1 is 0.372 bits per heavy atom. The number of hydrogen-bond donors (Lipinski definition) is 0. The molecule has 0 aromatic carbocycles. The van der Waals surface area contributed by atoms with Crippen LogP contribution in [-0.2, 0) is 39.8 Å². The molecule has 78 heavy (non-hydrogen) atoms. The second-order valence-corrected chi connectivity index (χ2v) is 45.9. The highest BCUT2D eigenvalue weighted by Gasteiger charge is 2.41. The molecule has 0 aromatic heterocycles. The number of allylic oxidation sites excluding steroid dienone is 4. The summed E-state index contributed by atoms with van der Waals surface area (Å²) in [5, 5.41) is 0. The van der Waals surface area contributed by atoms with Gasteiger partial charge in [-0.2, -0.15) is 0 Å². The number of rotatable bonds is 58. The largest absolute Gasteiger partial charge is 0.501 e. The molecule has 0 aliphatic carbocycles. The monoisotopic (exact) mass is 1370 g/mol. The molecule has 464 valence electrons. The van der Waals surface area contributed by atoms with E-state index in [2.05, 4.69) is 60.6 Å². The first-order valence-electron chi connectivity index (χ1n) is 29.3. The van der Waals surface area contributed by atoms with Crippen LogP contribution in [0, 0.1) is 23.7 Å². The number of unbranched alkanes of at least 4 members (excludes halogenated alkanes) is 1. The Kier molecular flexibility index (Phi) is 57.4. The lowest BCUT2D eigenvalue weighted by atomic mass is 9.91. The van der Waals surface area contributed by atoms with E-state index in [9.17, 15) is 0 Å². The zero-order valence-corrected chi connectivity index (χ0v) is 64.1. The Morgan fingerprint density at radius 3 is 1.01 bits per heavy atom. The van der Waals surface area contributed by atoms with E-state index in [1.807, 2.05) is 186 Å². The first-order chi connectivity index (χ1) is 37.6. The minimum absolute atomic E-state index is 0.592. The van der Waals surface area contributed by atoms with Crippen LogP contribution in [0.5, 0.6) is 0 Å². The van der Waals surface area contributed by atoms with Crippen LogP contribution in [0.1, 0.15) is 194 Å². The van der Waals surface area contributed by atoms with Gasteiger partial charge < -0.3 is 39.8 Å². The summed E-state index contributed by atoms with van der Waals surface area (Å²) in [5.74, 6) is 6.03. The van der Waals surface area contributed by atoms with Crippen LogP contribution in [0.25, 0.3) is 0 Å². The molecule has 0 spiro atoms. The molecule has 0 aromatic rings. The Labute approximate surface area is 529 Å². The molecular weight excluding hydrogens is 1260 g/mol. The molecule has 0 fully saturated rings. The van der Waals surface area contributed by atoms with E-state index in [-0.39, 0.29) is 0 Å². The number of hydrogen-bond acceptors (Lipinski definition) is 21. The third kappa shape index (κ3) is 42.6. The topological polar surface area (TPSA) is 83.1 Å². The molecule has 0 N–H and O–H groups in total. The molecule has 0 rings (SSSR count). The van der Waals surface area contributed by atoms with Gasteiger partial charge >= 0.3 is 26.4 Å². The fourth-order valence-electron chi connectivity index (χ4n) is 8.40. The zero-order valence-electron chi connectivity index (χ0n) is 51.3. The SMILES string of the molecule is CCO[Si](CCSSSSC(=CC=C(C)CCCC(C)CCCCC(C)CCCC(C)CCCC(C)C)C(C)=C(SSSSCC[Si](OCC)(OCC)OCC)SSSSCC[Si](OCC)(OCC)OCC)(OCC)OCC. The van der Waals surface area contributed by atoms with Crippen molar-refractivity contribution in [1.82, 2.24) is 0 Å². The molecule has 0 saturated carbocycles. The fourth-order valence-corrected chi connectivity index (χ4v) is 38.8. The fraction of sp³-hybridized carbons (Fsp3) is 0.889. The van der Waals surface area contributed by atoms with Gasteiger partial charge in [-0.25, -0.2) is 0 Å². The minimum Gasteiger partial charge on any atom is -0.374 e. The lowest BCUT2D eigenvalue weighted by molar-refractivity contribution is 0.0721. The molecule has 0 saturated heterocycles. The lowest BCUT2D eigenvalue weighted by Crippen LogP contribution is -2.46. The average Bonchev–Trinajstić information content (AvgIpc) is 3.39. The van der Waals surface area contributed by atoms with E-state index in [4.69, 9.17) is 39.8 Å². The molecule has 3 atom stereocenters. The van der Waals surface area contributed by atoms with Crippen LogP contribution < -0.4 is 0 Å². The van der Waals surface area contributed by atoms with Gasteiger partial charge in [0.1, 0.15) is 0 Å². The molecule has 0 bridgehead atoms. The van der Waals surface area contributed by atoms with E-state index in [0.717, 1.165) is 65.5 Å². The van der Waals surface area contributed by atoms with Crippen LogP contribution in [0.3, 0.4) is 0 Å². The molecule has 24 heteroatoms. The van der Waals surface area contributed by atoms with Crippen molar-refractivity contribution in [2.75, 3.05) is 76.7 Å². The summed E-state index contributed by atoms with van der Waals surface area (Å²) in [6, 6.07) is 2.37. The lowest BCUT2D eigenvalue weighted by Gasteiger charge is -2.28. The summed E-state index contributed by atoms with van der Waals surface area (Å²) in [5.41, 5.74) is 2.73. The highest BCUT2D eigenvalue weighted by atomic mass is 33.7. The van der Waals surface area contributed by atoms with Crippen LogP contribution in [0.2, 0.25) is 18.1 Å². The Morgan fingerprint density at radius 2 is 0.679 bits per heavy atom. The van der Waals surface area contributed by atoms with E-state index in [1.54, 1.807) is 0 Å². The van der Waals surface area contributed by atoms with Crippen LogP contribution in [0.4, 0.5) is 0 Å². The minimum atomic E-state index is -2.69. The molecule has 0 radical (unpaired) electrons. The average molecular weight is 1370 g/mol. The van der Waals surface area contributed by atoms with Crippen LogP contribution >= 0.6 is 124 Å². The van der Waals surface area contributed by atoms with Gasteiger partial charge in [-0.05, 0) is 216 Å². The van der Waals surface area contributed by atoms with Crippen molar-refractivity contribution in [2.45, 2.75) is 212 Å². The zero-order chi connectivity index (χ0) is 58.2. The summed E-state index contributed by atoms with van der Waals surface area (Å²) in [6.45, 7) is 40.3. The summed E-state index contributed by atoms with van der Waals surface area (Å²) >= 11 is 0.